The van der Waals surface area contributed by atoms with Gasteiger partial charge < -0.3 is 15.4 Å². The number of rotatable bonds is 7. The Morgan fingerprint density at radius 1 is 1.27 bits per heavy atom. The zero-order valence-electron chi connectivity index (χ0n) is 12.8. The van der Waals surface area contributed by atoms with E-state index in [9.17, 15) is 9.59 Å². The van der Waals surface area contributed by atoms with Crippen molar-refractivity contribution in [3.8, 4) is 5.75 Å². The van der Waals surface area contributed by atoms with E-state index in [1.54, 1.807) is 12.3 Å². The minimum Gasteiger partial charge on any atom is -0.470 e. The predicted octanol–water partition coefficient (Wildman–Crippen LogP) is 1.63. The van der Waals surface area contributed by atoms with Crippen molar-refractivity contribution in [1.82, 2.24) is 15.4 Å². The Hall–Kier alpha value is -1.54. The summed E-state index contributed by atoms with van der Waals surface area (Å²) >= 11 is 5.36. The molecule has 0 aliphatic carbocycles. The number of aryl methyl sites for hydroxylation is 1. The highest BCUT2D eigenvalue weighted by atomic mass is 32.2. The van der Waals surface area contributed by atoms with Crippen LogP contribution in [0.5, 0.6) is 5.75 Å². The monoisotopic (exact) mass is 343 g/mol. The Morgan fingerprint density at radius 2 is 1.95 bits per heavy atom. The molecule has 0 aliphatic heterocycles. The standard InChI is InChI=1S/C14H21N3O3S2/c1-9-5-4-6-11(10(9)2)20-13(21)12(18)15-7-8-16-14(19)17-22-3/h4-6,13,21H,7-8H2,1-3H3,(H,15,18)(H2,16,17,19). The Bertz CT molecular complexity index is 526. The fourth-order valence-electron chi connectivity index (χ4n) is 1.60. The van der Waals surface area contributed by atoms with Gasteiger partial charge in [-0.1, -0.05) is 24.1 Å². The molecule has 6 nitrogen and oxygen atoms in total. The minimum absolute atomic E-state index is 0.296. The second-order valence-corrected chi connectivity index (χ2v) is 5.60. The molecule has 3 N–H and O–H groups in total. The van der Waals surface area contributed by atoms with Gasteiger partial charge in [0, 0.05) is 19.3 Å². The molecule has 1 aromatic rings. The molecule has 0 bridgehead atoms. The molecule has 0 aromatic heterocycles. The Balaban J connectivity index is 2.36. The number of hydrogen-bond acceptors (Lipinski definition) is 5. The molecule has 1 rings (SSSR count). The first kappa shape index (κ1) is 18.5. The molecule has 0 spiro atoms. The number of benzene rings is 1. The summed E-state index contributed by atoms with van der Waals surface area (Å²) in [6.07, 6.45) is 1.75. The van der Waals surface area contributed by atoms with Gasteiger partial charge in [0.1, 0.15) is 5.75 Å². The molecular weight excluding hydrogens is 322 g/mol. The number of ether oxygens (including phenoxy) is 1. The minimum atomic E-state index is -0.902. The van der Waals surface area contributed by atoms with Gasteiger partial charge in [0.2, 0.25) is 5.44 Å². The zero-order chi connectivity index (χ0) is 16.5. The third kappa shape index (κ3) is 6.07. The molecule has 1 atom stereocenters. The van der Waals surface area contributed by atoms with Gasteiger partial charge >= 0.3 is 6.03 Å². The molecule has 0 aliphatic rings. The molecule has 0 radical (unpaired) electrons. The maximum Gasteiger partial charge on any atom is 0.324 e. The van der Waals surface area contributed by atoms with Crippen LogP contribution in [0.4, 0.5) is 4.79 Å². The van der Waals surface area contributed by atoms with Crippen LogP contribution in [-0.2, 0) is 4.79 Å². The van der Waals surface area contributed by atoms with E-state index in [0.29, 0.717) is 18.8 Å². The summed E-state index contributed by atoms with van der Waals surface area (Å²) in [6, 6.07) is 5.34. The maximum absolute atomic E-state index is 11.9. The Morgan fingerprint density at radius 3 is 2.64 bits per heavy atom. The number of thiol groups is 1. The van der Waals surface area contributed by atoms with Crippen molar-refractivity contribution in [2.24, 2.45) is 0 Å². The quantitative estimate of drug-likeness (QED) is 0.263. The van der Waals surface area contributed by atoms with Gasteiger partial charge in [-0.05, 0) is 31.0 Å². The molecule has 1 unspecified atom stereocenters. The number of hydrogen-bond donors (Lipinski definition) is 4. The van der Waals surface area contributed by atoms with Crippen LogP contribution in [0, 0.1) is 13.8 Å². The normalized spacial score (nSPS) is 11.5. The fraction of sp³-hybridized carbons (Fsp3) is 0.429. The third-order valence-electron chi connectivity index (χ3n) is 2.92. The number of nitrogens with one attached hydrogen (secondary N) is 3. The zero-order valence-corrected chi connectivity index (χ0v) is 14.5. The number of carbonyl (C=O) groups excluding carboxylic acids is 2. The van der Waals surface area contributed by atoms with E-state index < -0.39 is 5.44 Å². The van der Waals surface area contributed by atoms with Crippen LogP contribution in [0.1, 0.15) is 11.1 Å². The molecule has 3 amide bonds. The van der Waals surface area contributed by atoms with E-state index in [1.807, 2.05) is 26.0 Å². The lowest BCUT2D eigenvalue weighted by molar-refractivity contribution is -0.124. The van der Waals surface area contributed by atoms with Gasteiger partial charge in [-0.2, -0.15) is 0 Å². The van der Waals surface area contributed by atoms with Crippen LogP contribution in [0.2, 0.25) is 0 Å². The molecule has 0 saturated heterocycles. The summed E-state index contributed by atoms with van der Waals surface area (Å²) in [5.74, 6) is 0.281. The number of urea groups is 1. The molecule has 8 heteroatoms. The summed E-state index contributed by atoms with van der Waals surface area (Å²) in [7, 11) is 0. The van der Waals surface area contributed by atoms with Gasteiger partial charge in [-0.15, -0.1) is 12.6 Å². The predicted molar refractivity (Wildman–Crippen MR) is 92.4 cm³/mol. The number of carbonyl (C=O) groups is 2. The first-order valence-electron chi connectivity index (χ1n) is 6.71. The van der Waals surface area contributed by atoms with Crippen LogP contribution in [0.25, 0.3) is 0 Å². The van der Waals surface area contributed by atoms with Crippen molar-refractivity contribution in [3.63, 3.8) is 0 Å². The highest BCUT2D eigenvalue weighted by Crippen LogP contribution is 2.22. The molecular formula is C14H21N3O3S2. The van der Waals surface area contributed by atoms with E-state index in [-0.39, 0.29) is 11.9 Å². The average molecular weight is 343 g/mol. The molecule has 22 heavy (non-hydrogen) atoms. The molecule has 0 heterocycles. The summed E-state index contributed by atoms with van der Waals surface area (Å²) in [5, 5.41) is 5.24. The summed E-state index contributed by atoms with van der Waals surface area (Å²) < 4.78 is 8.07. The highest BCUT2D eigenvalue weighted by molar-refractivity contribution is 7.97. The van der Waals surface area contributed by atoms with E-state index >= 15 is 0 Å². The van der Waals surface area contributed by atoms with Crippen molar-refractivity contribution in [1.29, 1.82) is 0 Å². The van der Waals surface area contributed by atoms with Crippen LogP contribution in [-0.4, -0.2) is 36.7 Å². The van der Waals surface area contributed by atoms with Gasteiger partial charge in [-0.25, -0.2) is 4.79 Å². The largest absolute Gasteiger partial charge is 0.470 e. The van der Waals surface area contributed by atoms with E-state index in [0.717, 1.165) is 11.1 Å². The SMILES string of the molecule is CSNC(=O)NCCNC(=O)C(S)Oc1cccc(C)c1C. The van der Waals surface area contributed by atoms with E-state index in [1.165, 1.54) is 11.9 Å². The number of amides is 3. The van der Waals surface area contributed by atoms with Gasteiger partial charge in [0.15, 0.2) is 0 Å². The van der Waals surface area contributed by atoms with Gasteiger partial charge in [0.25, 0.3) is 5.91 Å². The van der Waals surface area contributed by atoms with Crippen molar-refractivity contribution in [3.05, 3.63) is 29.3 Å². The Labute approximate surface area is 140 Å². The molecule has 0 saturated carbocycles. The molecule has 122 valence electrons. The Kier molecular flexibility index (Phi) is 7.97. The fourth-order valence-corrected chi connectivity index (χ4v) is 2.07. The lowest BCUT2D eigenvalue weighted by atomic mass is 10.1. The summed E-state index contributed by atoms with van der Waals surface area (Å²) in [4.78, 5) is 23.0. The highest BCUT2D eigenvalue weighted by Gasteiger charge is 2.16. The van der Waals surface area contributed by atoms with Crippen LogP contribution in [0.3, 0.4) is 0 Å². The topological polar surface area (TPSA) is 79.5 Å². The average Bonchev–Trinajstić information content (AvgIpc) is 2.48. The smallest absolute Gasteiger partial charge is 0.324 e. The summed E-state index contributed by atoms with van der Waals surface area (Å²) in [6.45, 7) is 4.52. The van der Waals surface area contributed by atoms with Crippen molar-refractivity contribution in [2.75, 3.05) is 19.3 Å². The first-order chi connectivity index (χ1) is 10.5. The summed E-state index contributed by atoms with van der Waals surface area (Å²) in [5.41, 5.74) is 1.16. The lowest BCUT2D eigenvalue weighted by Gasteiger charge is -2.16. The van der Waals surface area contributed by atoms with E-state index in [2.05, 4.69) is 28.0 Å². The van der Waals surface area contributed by atoms with Crippen molar-refractivity contribution in [2.45, 2.75) is 19.3 Å². The van der Waals surface area contributed by atoms with Crippen LogP contribution < -0.4 is 20.1 Å². The van der Waals surface area contributed by atoms with E-state index in [4.69, 9.17) is 4.74 Å². The van der Waals surface area contributed by atoms with Gasteiger partial charge in [0.05, 0.1) is 0 Å². The van der Waals surface area contributed by atoms with Crippen molar-refractivity contribution >= 4 is 36.5 Å². The van der Waals surface area contributed by atoms with Crippen molar-refractivity contribution < 1.29 is 14.3 Å². The second-order valence-electron chi connectivity index (χ2n) is 4.52. The second kappa shape index (κ2) is 9.47. The van der Waals surface area contributed by atoms with Gasteiger partial charge in [-0.3, -0.25) is 9.52 Å². The van der Waals surface area contributed by atoms with Crippen LogP contribution >= 0.6 is 24.6 Å². The lowest BCUT2D eigenvalue weighted by Crippen LogP contribution is -2.41. The molecule has 0 fully saturated rings. The molecule has 1 aromatic carbocycles. The first-order valence-corrected chi connectivity index (χ1v) is 8.45. The van der Waals surface area contributed by atoms with Crippen LogP contribution in [0.15, 0.2) is 18.2 Å². The third-order valence-corrected chi connectivity index (χ3v) is 3.65. The maximum atomic E-state index is 11.9.